The smallest absolute Gasteiger partial charge is 0.371 e. The summed E-state index contributed by atoms with van der Waals surface area (Å²) in [6.07, 6.45) is 0. The van der Waals surface area contributed by atoms with E-state index in [1.807, 2.05) is 0 Å². The van der Waals surface area contributed by atoms with E-state index in [2.05, 4.69) is 10.0 Å². The van der Waals surface area contributed by atoms with Crippen molar-refractivity contribution in [1.29, 1.82) is 0 Å². The number of aromatic carboxylic acids is 1. The van der Waals surface area contributed by atoms with Gasteiger partial charge in [0.25, 0.3) is 5.91 Å². The average molecular weight is 382 g/mol. The van der Waals surface area contributed by atoms with Gasteiger partial charge in [-0.05, 0) is 36.4 Å². The summed E-state index contributed by atoms with van der Waals surface area (Å²) in [5.41, 5.74) is 0.255. The number of sulfonamides is 1. The normalized spacial score (nSPS) is 11.3. The van der Waals surface area contributed by atoms with Gasteiger partial charge in [0.05, 0.1) is 18.0 Å². The molecule has 3 N–H and O–H groups in total. The summed E-state index contributed by atoms with van der Waals surface area (Å²) in [7, 11) is -2.20. The summed E-state index contributed by atoms with van der Waals surface area (Å²) >= 11 is 0. The van der Waals surface area contributed by atoms with Crippen LogP contribution in [0.15, 0.2) is 45.7 Å². The van der Waals surface area contributed by atoms with E-state index in [-0.39, 0.29) is 41.7 Å². The summed E-state index contributed by atoms with van der Waals surface area (Å²) < 4.78 is 36.2. The number of carbonyl (C=O) groups is 2. The quantitative estimate of drug-likeness (QED) is 0.547. The Kier molecular flexibility index (Phi) is 6.50. The number of hydrogen-bond donors (Lipinski definition) is 3. The van der Waals surface area contributed by atoms with Crippen LogP contribution < -0.4 is 10.0 Å². The summed E-state index contributed by atoms with van der Waals surface area (Å²) in [4.78, 5) is 22.8. The highest BCUT2D eigenvalue weighted by Gasteiger charge is 2.15. The summed E-state index contributed by atoms with van der Waals surface area (Å²) in [6, 6.07) is 8.14. The molecule has 0 aliphatic heterocycles. The van der Waals surface area contributed by atoms with Crippen molar-refractivity contribution in [2.75, 3.05) is 20.3 Å². The predicted molar refractivity (Wildman–Crippen MR) is 90.3 cm³/mol. The second kappa shape index (κ2) is 8.61. The van der Waals surface area contributed by atoms with Crippen LogP contribution >= 0.6 is 0 Å². The van der Waals surface area contributed by atoms with Crippen LogP contribution in [0.25, 0.3) is 0 Å². The minimum atomic E-state index is -3.67. The molecule has 0 spiro atoms. The molecular formula is C16H18N2O7S. The number of carbonyl (C=O) groups excluding carboxylic acids is 1. The van der Waals surface area contributed by atoms with Gasteiger partial charge in [-0.2, -0.15) is 0 Å². The van der Waals surface area contributed by atoms with Crippen LogP contribution in [-0.4, -0.2) is 45.7 Å². The zero-order chi connectivity index (χ0) is 19.2. The number of methoxy groups -OCH3 is 1. The lowest BCUT2D eigenvalue weighted by molar-refractivity contribution is 0.0660. The Morgan fingerprint density at radius 1 is 1.15 bits per heavy atom. The molecule has 0 fully saturated rings. The molecule has 2 rings (SSSR count). The minimum absolute atomic E-state index is 0.00470. The Balaban J connectivity index is 1.96. The maximum atomic E-state index is 12.1. The molecule has 0 aliphatic carbocycles. The number of benzene rings is 1. The molecular weight excluding hydrogens is 364 g/mol. The third-order valence-corrected chi connectivity index (χ3v) is 4.80. The second-order valence-corrected chi connectivity index (χ2v) is 6.94. The van der Waals surface area contributed by atoms with E-state index in [9.17, 15) is 18.0 Å². The number of rotatable bonds is 9. The molecule has 0 atom stereocenters. The molecule has 0 bridgehead atoms. The van der Waals surface area contributed by atoms with Crippen LogP contribution in [0.5, 0.6) is 0 Å². The maximum absolute atomic E-state index is 12.1. The fourth-order valence-electron chi connectivity index (χ4n) is 2.00. The van der Waals surface area contributed by atoms with Crippen molar-refractivity contribution in [1.82, 2.24) is 10.0 Å². The Labute approximate surface area is 150 Å². The summed E-state index contributed by atoms with van der Waals surface area (Å²) in [5, 5.41) is 11.3. The van der Waals surface area contributed by atoms with E-state index >= 15 is 0 Å². The molecule has 1 heterocycles. The number of carboxylic acid groups (broad SMARTS) is 1. The van der Waals surface area contributed by atoms with Crippen molar-refractivity contribution >= 4 is 21.9 Å². The van der Waals surface area contributed by atoms with Gasteiger partial charge in [-0.1, -0.05) is 0 Å². The number of nitrogens with one attached hydrogen (secondary N) is 2. The van der Waals surface area contributed by atoms with E-state index in [1.165, 1.54) is 43.5 Å². The molecule has 0 saturated heterocycles. The van der Waals surface area contributed by atoms with Crippen molar-refractivity contribution in [3.63, 3.8) is 0 Å². The highest BCUT2D eigenvalue weighted by Crippen LogP contribution is 2.11. The van der Waals surface area contributed by atoms with Crippen LogP contribution in [0.4, 0.5) is 0 Å². The van der Waals surface area contributed by atoms with Crippen LogP contribution in [0.3, 0.4) is 0 Å². The van der Waals surface area contributed by atoms with Crippen LogP contribution in [0.2, 0.25) is 0 Å². The molecule has 1 aromatic heterocycles. The van der Waals surface area contributed by atoms with Gasteiger partial charge in [0.15, 0.2) is 0 Å². The molecule has 0 aliphatic rings. The van der Waals surface area contributed by atoms with Gasteiger partial charge in [0.2, 0.25) is 15.8 Å². The first-order valence-electron chi connectivity index (χ1n) is 7.52. The maximum Gasteiger partial charge on any atom is 0.371 e. The Hall–Kier alpha value is -2.69. The zero-order valence-electron chi connectivity index (χ0n) is 13.9. The summed E-state index contributed by atoms with van der Waals surface area (Å²) in [6.45, 7) is 0.392. The SMILES string of the molecule is COCCNS(=O)(=O)c1ccc(C(=O)NCc2ccc(C(=O)O)o2)cc1. The Morgan fingerprint density at radius 3 is 2.42 bits per heavy atom. The van der Waals surface area contributed by atoms with Crippen molar-refractivity contribution in [2.45, 2.75) is 11.4 Å². The Bertz CT molecular complexity index is 872. The number of furan rings is 1. The second-order valence-electron chi connectivity index (χ2n) is 5.17. The van der Waals surface area contributed by atoms with Crippen LogP contribution in [0.1, 0.15) is 26.7 Å². The highest BCUT2D eigenvalue weighted by atomic mass is 32.2. The molecule has 0 radical (unpaired) electrons. The Morgan fingerprint density at radius 2 is 1.85 bits per heavy atom. The largest absolute Gasteiger partial charge is 0.475 e. The van der Waals surface area contributed by atoms with E-state index < -0.39 is 21.9 Å². The van der Waals surface area contributed by atoms with Crippen molar-refractivity contribution in [3.8, 4) is 0 Å². The topological polar surface area (TPSA) is 135 Å². The lowest BCUT2D eigenvalue weighted by Gasteiger charge is -2.07. The van der Waals surface area contributed by atoms with E-state index in [0.29, 0.717) is 0 Å². The number of hydrogen-bond acceptors (Lipinski definition) is 6. The van der Waals surface area contributed by atoms with Gasteiger partial charge in [0.1, 0.15) is 5.76 Å². The van der Waals surface area contributed by atoms with E-state index in [0.717, 1.165) is 0 Å². The van der Waals surface area contributed by atoms with E-state index in [1.54, 1.807) is 0 Å². The first-order valence-corrected chi connectivity index (χ1v) is 9.00. The number of carboxylic acids is 1. The fraction of sp³-hybridized carbons (Fsp3) is 0.250. The van der Waals surface area contributed by atoms with Crippen molar-refractivity contribution in [2.24, 2.45) is 0 Å². The van der Waals surface area contributed by atoms with Gasteiger partial charge in [-0.15, -0.1) is 0 Å². The van der Waals surface area contributed by atoms with Crippen LogP contribution in [-0.2, 0) is 21.3 Å². The monoisotopic (exact) mass is 382 g/mol. The van der Waals surface area contributed by atoms with Gasteiger partial charge >= 0.3 is 5.97 Å². The fourth-order valence-corrected chi connectivity index (χ4v) is 3.02. The average Bonchev–Trinajstić information content (AvgIpc) is 3.09. The zero-order valence-corrected chi connectivity index (χ0v) is 14.7. The molecule has 1 aromatic carbocycles. The minimum Gasteiger partial charge on any atom is -0.475 e. The van der Waals surface area contributed by atoms with Gasteiger partial charge in [-0.3, -0.25) is 4.79 Å². The van der Waals surface area contributed by atoms with Crippen molar-refractivity contribution < 1.29 is 32.3 Å². The van der Waals surface area contributed by atoms with Gasteiger partial charge in [0, 0.05) is 19.2 Å². The molecule has 0 saturated carbocycles. The lowest BCUT2D eigenvalue weighted by Crippen LogP contribution is -2.27. The molecule has 10 heteroatoms. The van der Waals surface area contributed by atoms with E-state index in [4.69, 9.17) is 14.3 Å². The molecule has 2 aromatic rings. The molecule has 0 unspecified atom stereocenters. The lowest BCUT2D eigenvalue weighted by atomic mass is 10.2. The first kappa shape index (κ1) is 19.6. The molecule has 9 nitrogen and oxygen atoms in total. The number of ether oxygens (including phenoxy) is 1. The standard InChI is InChI=1S/C16H18N2O7S/c1-24-9-8-18-26(22,23)13-5-2-11(3-6-13)15(19)17-10-12-4-7-14(25-12)16(20)21/h2-7,18H,8-10H2,1H3,(H,17,19)(H,20,21). The van der Waals surface area contributed by atoms with Gasteiger partial charge in [-0.25, -0.2) is 17.9 Å². The summed E-state index contributed by atoms with van der Waals surface area (Å²) in [5.74, 6) is -1.57. The van der Waals surface area contributed by atoms with Crippen molar-refractivity contribution in [3.05, 3.63) is 53.5 Å². The highest BCUT2D eigenvalue weighted by molar-refractivity contribution is 7.89. The third-order valence-electron chi connectivity index (χ3n) is 3.32. The number of amides is 1. The molecule has 1 amide bonds. The van der Waals surface area contributed by atoms with Crippen LogP contribution in [0, 0.1) is 0 Å². The molecule has 140 valence electrons. The first-order chi connectivity index (χ1) is 12.3. The van der Waals surface area contributed by atoms with Gasteiger partial charge < -0.3 is 19.6 Å². The predicted octanol–water partition coefficient (Wildman–Crippen LogP) is 0.832. The third kappa shape index (κ3) is 5.15. The molecule has 26 heavy (non-hydrogen) atoms.